The maximum atomic E-state index is 10.0. The Kier molecular flexibility index (Phi) is 3.43. The summed E-state index contributed by atoms with van der Waals surface area (Å²) in [6.45, 7) is 1.78. The number of ether oxygens (including phenoxy) is 1. The number of nitrogens with one attached hydrogen (secondary N) is 1. The molecule has 2 N–H and O–H groups in total. The van der Waals surface area contributed by atoms with Gasteiger partial charge in [0.15, 0.2) is 0 Å². The molecule has 0 radical (unpaired) electrons. The summed E-state index contributed by atoms with van der Waals surface area (Å²) >= 11 is 0. The molecule has 2 unspecified atom stereocenters. The second-order valence-corrected chi connectivity index (χ2v) is 4.10. The summed E-state index contributed by atoms with van der Waals surface area (Å²) in [4.78, 5) is 0. The van der Waals surface area contributed by atoms with E-state index in [9.17, 15) is 5.11 Å². The summed E-state index contributed by atoms with van der Waals surface area (Å²) < 4.78 is 5.46. The van der Waals surface area contributed by atoms with Crippen LogP contribution in [0, 0.1) is 0 Å². The molecule has 80 valence electrons. The van der Waals surface area contributed by atoms with Crippen molar-refractivity contribution >= 4 is 0 Å². The number of aliphatic hydroxyl groups excluding tert-OH is 1. The molecule has 0 bridgehead atoms. The molecule has 2 aliphatic heterocycles. The number of hydrogen-bond acceptors (Lipinski definition) is 3. The van der Waals surface area contributed by atoms with Crippen molar-refractivity contribution in [2.24, 2.45) is 0 Å². The third-order valence-corrected chi connectivity index (χ3v) is 2.98. The van der Waals surface area contributed by atoms with Gasteiger partial charge in [0.05, 0.1) is 6.61 Å². The molecule has 0 aromatic carbocycles. The van der Waals surface area contributed by atoms with Gasteiger partial charge >= 0.3 is 0 Å². The van der Waals surface area contributed by atoms with Gasteiger partial charge in [0.25, 0.3) is 0 Å². The fourth-order valence-electron chi connectivity index (χ4n) is 2.13. The van der Waals surface area contributed by atoms with Gasteiger partial charge in [-0.15, -0.1) is 0 Å². The van der Waals surface area contributed by atoms with Crippen molar-refractivity contribution in [1.82, 2.24) is 5.32 Å². The van der Waals surface area contributed by atoms with Crippen LogP contribution in [0.5, 0.6) is 0 Å². The third kappa shape index (κ3) is 2.28. The lowest BCUT2D eigenvalue weighted by molar-refractivity contribution is 0.0605. The van der Waals surface area contributed by atoms with E-state index in [-0.39, 0.29) is 6.04 Å². The minimum Gasteiger partial charge on any atom is -0.495 e. The van der Waals surface area contributed by atoms with E-state index in [0.29, 0.717) is 0 Å². The minimum absolute atomic E-state index is 0.202. The summed E-state index contributed by atoms with van der Waals surface area (Å²) in [7, 11) is 0. The van der Waals surface area contributed by atoms with E-state index < -0.39 is 6.10 Å². The Morgan fingerprint density at radius 3 is 3.00 bits per heavy atom. The molecular weight excluding hydrogens is 178 g/mol. The Hall–Kier alpha value is -0.540. The second kappa shape index (κ2) is 4.80. The maximum absolute atomic E-state index is 10.0. The zero-order chi connectivity index (χ0) is 9.80. The first-order valence-corrected chi connectivity index (χ1v) is 5.62. The molecule has 2 heterocycles. The zero-order valence-electron chi connectivity index (χ0n) is 8.54. The average molecular weight is 197 g/mol. The van der Waals surface area contributed by atoms with Crippen LogP contribution in [0.3, 0.4) is 0 Å². The van der Waals surface area contributed by atoms with E-state index in [2.05, 4.69) is 5.32 Å². The van der Waals surface area contributed by atoms with Gasteiger partial charge in [-0.05, 0) is 38.3 Å². The van der Waals surface area contributed by atoms with E-state index in [1.54, 1.807) is 0 Å². The summed E-state index contributed by atoms with van der Waals surface area (Å²) in [5.74, 6) is 0.788. The Bertz CT molecular complexity index is 209. The lowest BCUT2D eigenvalue weighted by Crippen LogP contribution is -2.44. The Balaban J connectivity index is 1.91. The first-order valence-electron chi connectivity index (χ1n) is 5.62. The lowest BCUT2D eigenvalue weighted by atomic mass is 9.98. The molecule has 0 spiro atoms. The lowest BCUT2D eigenvalue weighted by Gasteiger charge is -2.30. The summed E-state index contributed by atoms with van der Waals surface area (Å²) in [6, 6.07) is 0.202. The Morgan fingerprint density at radius 1 is 1.43 bits per heavy atom. The van der Waals surface area contributed by atoms with Crippen molar-refractivity contribution in [1.29, 1.82) is 0 Å². The van der Waals surface area contributed by atoms with Gasteiger partial charge in [0, 0.05) is 6.04 Å². The number of aliphatic hydroxyl groups is 1. The number of piperidine rings is 1. The second-order valence-electron chi connectivity index (χ2n) is 4.10. The molecule has 2 rings (SSSR count). The molecule has 1 fully saturated rings. The molecular formula is C11H19NO2. The van der Waals surface area contributed by atoms with Crippen molar-refractivity contribution in [3.63, 3.8) is 0 Å². The maximum Gasteiger partial charge on any atom is 0.126 e. The smallest absolute Gasteiger partial charge is 0.126 e. The first kappa shape index (κ1) is 9.99. The first-order chi connectivity index (χ1) is 6.88. The van der Waals surface area contributed by atoms with Crippen LogP contribution in [0.1, 0.15) is 32.1 Å². The molecule has 3 nitrogen and oxygen atoms in total. The number of allylic oxidation sites excluding steroid dienone is 1. The number of hydrogen-bond donors (Lipinski definition) is 2. The van der Waals surface area contributed by atoms with Crippen molar-refractivity contribution in [3.8, 4) is 0 Å². The molecule has 0 amide bonds. The monoisotopic (exact) mass is 197 g/mol. The summed E-state index contributed by atoms with van der Waals surface area (Å²) in [5.41, 5.74) is 0. The van der Waals surface area contributed by atoms with Gasteiger partial charge in [-0.3, -0.25) is 0 Å². The Labute approximate surface area is 85.1 Å². The predicted octanol–water partition coefficient (Wildman–Crippen LogP) is 1.18. The average Bonchev–Trinajstić information content (AvgIpc) is 2.30. The van der Waals surface area contributed by atoms with Crippen LogP contribution < -0.4 is 5.32 Å². The zero-order valence-corrected chi connectivity index (χ0v) is 8.54. The van der Waals surface area contributed by atoms with Gasteiger partial charge in [0.2, 0.25) is 0 Å². The van der Waals surface area contributed by atoms with Crippen LogP contribution in [0.25, 0.3) is 0 Å². The van der Waals surface area contributed by atoms with Crippen LogP contribution in [0.15, 0.2) is 11.8 Å². The van der Waals surface area contributed by atoms with Crippen molar-refractivity contribution < 1.29 is 9.84 Å². The van der Waals surface area contributed by atoms with Crippen molar-refractivity contribution in [3.05, 3.63) is 11.8 Å². The number of rotatable bonds is 2. The molecule has 2 atom stereocenters. The standard InChI is InChI=1S/C11H19NO2/c13-11(9-5-1-3-7-12-9)10-6-2-4-8-14-10/h6,9,11-13H,1-5,7-8H2. The highest BCUT2D eigenvalue weighted by atomic mass is 16.5. The molecule has 0 saturated carbocycles. The topological polar surface area (TPSA) is 41.5 Å². The highest BCUT2D eigenvalue weighted by Crippen LogP contribution is 2.20. The highest BCUT2D eigenvalue weighted by Gasteiger charge is 2.26. The molecule has 3 heteroatoms. The van der Waals surface area contributed by atoms with Crippen molar-refractivity contribution in [2.75, 3.05) is 13.2 Å². The molecule has 2 aliphatic rings. The molecule has 1 saturated heterocycles. The highest BCUT2D eigenvalue weighted by molar-refractivity contribution is 5.06. The van der Waals surface area contributed by atoms with Crippen LogP contribution in [-0.4, -0.2) is 30.4 Å². The molecule has 0 aliphatic carbocycles. The van der Waals surface area contributed by atoms with E-state index in [0.717, 1.165) is 38.2 Å². The van der Waals surface area contributed by atoms with Crippen LogP contribution in [0.4, 0.5) is 0 Å². The van der Waals surface area contributed by atoms with Gasteiger partial charge < -0.3 is 15.2 Å². The molecule has 14 heavy (non-hydrogen) atoms. The van der Waals surface area contributed by atoms with E-state index in [1.165, 1.54) is 12.8 Å². The third-order valence-electron chi connectivity index (χ3n) is 2.98. The normalized spacial score (nSPS) is 30.4. The van der Waals surface area contributed by atoms with Crippen molar-refractivity contribution in [2.45, 2.75) is 44.2 Å². The van der Waals surface area contributed by atoms with E-state index in [4.69, 9.17) is 4.74 Å². The molecule has 0 aromatic heterocycles. The van der Waals surface area contributed by atoms with Crippen LogP contribution in [0.2, 0.25) is 0 Å². The van der Waals surface area contributed by atoms with E-state index >= 15 is 0 Å². The van der Waals surface area contributed by atoms with E-state index in [1.807, 2.05) is 6.08 Å². The fraction of sp³-hybridized carbons (Fsp3) is 0.818. The van der Waals surface area contributed by atoms with Gasteiger partial charge in [-0.1, -0.05) is 6.42 Å². The SMILES string of the molecule is OC(C1=CCCCO1)C1CCCCN1. The van der Waals surface area contributed by atoms with Gasteiger partial charge in [-0.25, -0.2) is 0 Å². The summed E-state index contributed by atoms with van der Waals surface area (Å²) in [5, 5.41) is 13.4. The predicted molar refractivity (Wildman–Crippen MR) is 54.9 cm³/mol. The fourth-order valence-corrected chi connectivity index (χ4v) is 2.13. The van der Waals surface area contributed by atoms with Crippen LogP contribution in [-0.2, 0) is 4.74 Å². The Morgan fingerprint density at radius 2 is 2.36 bits per heavy atom. The summed E-state index contributed by atoms with van der Waals surface area (Å²) in [6.07, 6.45) is 7.21. The largest absolute Gasteiger partial charge is 0.495 e. The van der Waals surface area contributed by atoms with Gasteiger partial charge in [0.1, 0.15) is 11.9 Å². The minimum atomic E-state index is -0.435. The quantitative estimate of drug-likeness (QED) is 0.698. The van der Waals surface area contributed by atoms with Gasteiger partial charge in [-0.2, -0.15) is 0 Å². The van der Waals surface area contributed by atoms with Crippen LogP contribution >= 0.6 is 0 Å². The molecule has 0 aromatic rings.